The lowest BCUT2D eigenvalue weighted by Gasteiger charge is -2.45. The van der Waals surface area contributed by atoms with Crippen LogP contribution >= 0.6 is 0 Å². The van der Waals surface area contributed by atoms with E-state index in [1.807, 2.05) is 13.1 Å². The van der Waals surface area contributed by atoms with Crippen LogP contribution in [0.1, 0.15) is 39.3 Å². The lowest BCUT2D eigenvalue weighted by atomic mass is 9.85. The van der Waals surface area contributed by atoms with E-state index >= 15 is 0 Å². The molecule has 0 saturated heterocycles. The van der Waals surface area contributed by atoms with Crippen LogP contribution in [0.4, 0.5) is 0 Å². The van der Waals surface area contributed by atoms with Crippen molar-refractivity contribution in [3.63, 3.8) is 0 Å². The molecule has 1 N–H and O–H groups in total. The van der Waals surface area contributed by atoms with Crippen molar-refractivity contribution < 1.29 is 4.74 Å². The zero-order valence-electron chi connectivity index (χ0n) is 13.6. The van der Waals surface area contributed by atoms with Crippen LogP contribution in [0.3, 0.4) is 0 Å². The summed E-state index contributed by atoms with van der Waals surface area (Å²) >= 11 is 0. The normalized spacial score (nSPS) is 24.1. The van der Waals surface area contributed by atoms with Crippen molar-refractivity contribution in [3.8, 4) is 5.75 Å². The van der Waals surface area contributed by atoms with E-state index in [4.69, 9.17) is 4.74 Å². The molecule has 3 nitrogen and oxygen atoms in total. The Morgan fingerprint density at radius 2 is 1.95 bits per heavy atom. The van der Waals surface area contributed by atoms with E-state index in [1.54, 1.807) is 0 Å². The summed E-state index contributed by atoms with van der Waals surface area (Å²) in [5.41, 5.74) is 1.52. The summed E-state index contributed by atoms with van der Waals surface area (Å²) in [7, 11) is 4.25. The van der Waals surface area contributed by atoms with Crippen LogP contribution < -0.4 is 10.1 Å². The minimum absolute atomic E-state index is 0.254. The highest BCUT2D eigenvalue weighted by Gasteiger charge is 2.36. The third kappa shape index (κ3) is 2.84. The first-order chi connectivity index (χ1) is 9.36. The summed E-state index contributed by atoms with van der Waals surface area (Å²) in [6.07, 6.45) is 0. The molecular formula is C17H28N2O. The zero-order chi connectivity index (χ0) is 14.9. The Kier molecular flexibility index (Phi) is 4.40. The molecule has 0 spiro atoms. The van der Waals surface area contributed by atoms with Crippen LogP contribution in [0.25, 0.3) is 0 Å². The molecule has 0 fully saturated rings. The molecule has 1 aromatic carbocycles. The van der Waals surface area contributed by atoms with Gasteiger partial charge in [-0.3, -0.25) is 4.90 Å². The van der Waals surface area contributed by atoms with Gasteiger partial charge in [0.15, 0.2) is 0 Å². The molecule has 0 saturated carbocycles. The lowest BCUT2D eigenvalue weighted by Crippen LogP contribution is -2.53. The molecule has 1 heterocycles. The minimum atomic E-state index is 0.254. The van der Waals surface area contributed by atoms with Crippen LogP contribution in [0, 0.1) is 5.41 Å². The Morgan fingerprint density at radius 1 is 1.30 bits per heavy atom. The van der Waals surface area contributed by atoms with Crippen molar-refractivity contribution in [1.82, 2.24) is 10.2 Å². The van der Waals surface area contributed by atoms with Crippen molar-refractivity contribution >= 4 is 0 Å². The number of hydrogen-bond acceptors (Lipinski definition) is 3. The second kappa shape index (κ2) is 5.74. The molecule has 3 atom stereocenters. The zero-order valence-corrected chi connectivity index (χ0v) is 13.6. The van der Waals surface area contributed by atoms with E-state index in [-0.39, 0.29) is 5.41 Å². The molecule has 0 aromatic heterocycles. The number of nitrogens with one attached hydrogen (secondary N) is 1. The highest BCUT2D eigenvalue weighted by molar-refractivity contribution is 5.38. The maximum atomic E-state index is 5.97. The quantitative estimate of drug-likeness (QED) is 0.918. The number of fused-ring (bicyclic) bond motifs is 1. The SMILES string of the molecule is CNC1c2ccccc2OCC1N(C)C(C)C(C)(C)C. The first kappa shape index (κ1) is 15.3. The molecule has 0 bridgehead atoms. The average Bonchev–Trinajstić information content (AvgIpc) is 2.43. The second-order valence-electron chi connectivity index (χ2n) is 6.89. The number of rotatable bonds is 3. The summed E-state index contributed by atoms with van der Waals surface area (Å²) in [6.45, 7) is 9.91. The van der Waals surface area contributed by atoms with Crippen LogP contribution in [-0.4, -0.2) is 37.7 Å². The van der Waals surface area contributed by atoms with E-state index in [1.165, 1.54) is 5.56 Å². The lowest BCUT2D eigenvalue weighted by molar-refractivity contribution is 0.0401. The monoisotopic (exact) mass is 276 g/mol. The van der Waals surface area contributed by atoms with Crippen LogP contribution in [-0.2, 0) is 0 Å². The number of benzene rings is 1. The van der Waals surface area contributed by atoms with Gasteiger partial charge in [0.1, 0.15) is 12.4 Å². The molecule has 0 radical (unpaired) electrons. The number of nitrogens with zero attached hydrogens (tertiary/aromatic N) is 1. The number of para-hydroxylation sites is 1. The first-order valence-corrected chi connectivity index (χ1v) is 7.47. The molecule has 2 rings (SSSR count). The van der Waals surface area contributed by atoms with Gasteiger partial charge in [-0.05, 0) is 32.5 Å². The number of likely N-dealkylation sites (N-methyl/N-ethyl adjacent to an activating group) is 2. The Hall–Kier alpha value is -1.06. The van der Waals surface area contributed by atoms with Crippen LogP contribution in [0.5, 0.6) is 5.75 Å². The standard InChI is InChI=1S/C17H28N2O/c1-12(17(2,3)4)19(6)14-11-20-15-10-8-7-9-13(15)16(14)18-5/h7-10,12,14,16,18H,11H2,1-6H3. The Balaban J connectivity index is 2.26. The smallest absolute Gasteiger partial charge is 0.124 e. The van der Waals surface area contributed by atoms with E-state index in [2.05, 4.69) is 63.2 Å². The number of ether oxygens (including phenoxy) is 1. The topological polar surface area (TPSA) is 24.5 Å². The van der Waals surface area contributed by atoms with E-state index in [9.17, 15) is 0 Å². The van der Waals surface area contributed by atoms with Gasteiger partial charge in [-0.15, -0.1) is 0 Å². The molecule has 3 heteroatoms. The highest BCUT2D eigenvalue weighted by Crippen LogP contribution is 2.36. The highest BCUT2D eigenvalue weighted by atomic mass is 16.5. The Labute approximate surface area is 123 Å². The van der Waals surface area contributed by atoms with E-state index < -0.39 is 0 Å². The molecule has 20 heavy (non-hydrogen) atoms. The third-order valence-corrected chi connectivity index (χ3v) is 4.75. The van der Waals surface area contributed by atoms with Crippen molar-refractivity contribution in [2.45, 2.75) is 45.8 Å². The fourth-order valence-corrected chi connectivity index (χ4v) is 2.95. The largest absolute Gasteiger partial charge is 0.492 e. The molecule has 1 aliphatic rings. The predicted octanol–water partition coefficient (Wildman–Crippen LogP) is 3.07. The maximum absolute atomic E-state index is 5.97. The van der Waals surface area contributed by atoms with Gasteiger partial charge in [-0.1, -0.05) is 39.0 Å². The third-order valence-electron chi connectivity index (χ3n) is 4.75. The van der Waals surface area contributed by atoms with Gasteiger partial charge in [0.05, 0.1) is 12.1 Å². The van der Waals surface area contributed by atoms with Crippen molar-refractivity contribution in [3.05, 3.63) is 29.8 Å². The van der Waals surface area contributed by atoms with Crippen molar-refractivity contribution in [2.75, 3.05) is 20.7 Å². The minimum Gasteiger partial charge on any atom is -0.492 e. The van der Waals surface area contributed by atoms with E-state index in [0.29, 0.717) is 18.1 Å². The van der Waals surface area contributed by atoms with Crippen LogP contribution in [0.2, 0.25) is 0 Å². The summed E-state index contributed by atoms with van der Waals surface area (Å²) in [5.74, 6) is 1.01. The van der Waals surface area contributed by atoms with Gasteiger partial charge >= 0.3 is 0 Å². The summed E-state index contributed by atoms with van der Waals surface area (Å²) < 4.78 is 5.97. The fourth-order valence-electron chi connectivity index (χ4n) is 2.95. The van der Waals surface area contributed by atoms with Gasteiger partial charge in [-0.2, -0.15) is 0 Å². The Morgan fingerprint density at radius 3 is 2.55 bits per heavy atom. The Bertz CT molecular complexity index is 453. The molecule has 0 amide bonds. The molecule has 1 aliphatic heterocycles. The summed E-state index contributed by atoms with van der Waals surface area (Å²) in [6, 6.07) is 9.49. The fraction of sp³-hybridized carbons (Fsp3) is 0.647. The summed E-state index contributed by atoms with van der Waals surface area (Å²) in [4.78, 5) is 2.46. The molecule has 1 aromatic rings. The van der Waals surface area contributed by atoms with E-state index in [0.717, 1.165) is 12.4 Å². The molecular weight excluding hydrogens is 248 g/mol. The maximum Gasteiger partial charge on any atom is 0.124 e. The average molecular weight is 276 g/mol. The summed E-state index contributed by atoms with van der Waals surface area (Å²) in [5, 5.41) is 3.48. The molecule has 112 valence electrons. The first-order valence-electron chi connectivity index (χ1n) is 7.47. The van der Waals surface area contributed by atoms with Gasteiger partial charge in [0.25, 0.3) is 0 Å². The van der Waals surface area contributed by atoms with Crippen LogP contribution in [0.15, 0.2) is 24.3 Å². The number of hydrogen-bond donors (Lipinski definition) is 1. The predicted molar refractivity (Wildman–Crippen MR) is 84.2 cm³/mol. The van der Waals surface area contributed by atoms with Gasteiger partial charge in [0, 0.05) is 11.6 Å². The van der Waals surface area contributed by atoms with Gasteiger partial charge < -0.3 is 10.1 Å². The van der Waals surface area contributed by atoms with Gasteiger partial charge in [-0.25, -0.2) is 0 Å². The molecule has 3 unspecified atom stereocenters. The second-order valence-corrected chi connectivity index (χ2v) is 6.89. The van der Waals surface area contributed by atoms with Gasteiger partial charge in [0.2, 0.25) is 0 Å². The van der Waals surface area contributed by atoms with Crippen molar-refractivity contribution in [2.24, 2.45) is 5.41 Å². The van der Waals surface area contributed by atoms with Crippen molar-refractivity contribution in [1.29, 1.82) is 0 Å². The molecule has 0 aliphatic carbocycles.